The Morgan fingerprint density at radius 2 is 1.80 bits per heavy atom. The largest absolute Gasteiger partial charge is 0.612 e. The predicted molar refractivity (Wildman–Crippen MR) is 96.5 cm³/mol. The van der Waals surface area contributed by atoms with Crippen LogP contribution in [-0.2, 0) is 16.9 Å². The van der Waals surface area contributed by atoms with Crippen molar-refractivity contribution in [1.29, 1.82) is 0 Å². The van der Waals surface area contributed by atoms with Crippen LogP contribution in [0.25, 0.3) is 6.08 Å². The quantitative estimate of drug-likeness (QED) is 0.457. The van der Waals surface area contributed by atoms with Crippen LogP contribution >= 0.6 is 45.8 Å². The lowest BCUT2D eigenvalue weighted by Gasteiger charge is -2.07. The number of halogens is 3. The SMILES string of the molecule is [O-][S+](/C=C/c1ccc(I)cc1)Cc1ccc(Cl)cc1Cl. The molecule has 20 heavy (non-hydrogen) atoms. The maximum absolute atomic E-state index is 12.0. The number of benzene rings is 2. The molecule has 0 heterocycles. The smallest absolute Gasteiger partial charge is 0.137 e. The molecule has 0 aliphatic carbocycles. The van der Waals surface area contributed by atoms with Crippen LogP contribution in [0.2, 0.25) is 10.0 Å². The zero-order valence-electron chi connectivity index (χ0n) is 10.4. The number of rotatable bonds is 4. The third-order valence-corrected chi connectivity index (χ3v) is 4.94. The maximum Gasteiger partial charge on any atom is 0.137 e. The molecule has 2 aromatic rings. The Morgan fingerprint density at radius 1 is 1.10 bits per heavy atom. The normalized spacial score (nSPS) is 12.8. The first-order valence-corrected chi connectivity index (χ1v) is 9.01. The molecule has 0 bridgehead atoms. The van der Waals surface area contributed by atoms with Crippen LogP contribution in [-0.4, -0.2) is 4.55 Å². The van der Waals surface area contributed by atoms with E-state index >= 15 is 0 Å². The van der Waals surface area contributed by atoms with E-state index in [1.54, 1.807) is 23.6 Å². The van der Waals surface area contributed by atoms with Gasteiger partial charge in [0.2, 0.25) is 0 Å². The summed E-state index contributed by atoms with van der Waals surface area (Å²) in [5.74, 6) is 0.386. The van der Waals surface area contributed by atoms with Crippen molar-refractivity contribution < 1.29 is 4.55 Å². The van der Waals surface area contributed by atoms with Crippen LogP contribution in [0.1, 0.15) is 11.1 Å². The molecule has 0 aliphatic heterocycles. The molecule has 0 saturated carbocycles. The second-order valence-electron chi connectivity index (χ2n) is 4.12. The lowest BCUT2D eigenvalue weighted by molar-refractivity contribution is 0.603. The Hall–Kier alpha value is -0.200. The molecule has 0 aliphatic rings. The topological polar surface area (TPSA) is 23.1 Å². The van der Waals surface area contributed by atoms with Gasteiger partial charge in [0.05, 0.1) is 0 Å². The molecule has 0 amide bonds. The summed E-state index contributed by atoms with van der Waals surface area (Å²) in [5, 5.41) is 2.82. The van der Waals surface area contributed by atoms with Crippen molar-refractivity contribution in [3.8, 4) is 0 Å². The van der Waals surface area contributed by atoms with Crippen LogP contribution < -0.4 is 0 Å². The molecular weight excluding hydrogens is 426 g/mol. The van der Waals surface area contributed by atoms with Gasteiger partial charge in [-0.2, -0.15) is 0 Å². The molecule has 1 atom stereocenters. The van der Waals surface area contributed by atoms with Crippen molar-refractivity contribution in [1.82, 2.24) is 0 Å². The molecular formula is C15H11Cl2IOS. The minimum absolute atomic E-state index is 0.386. The van der Waals surface area contributed by atoms with Crippen LogP contribution in [0.5, 0.6) is 0 Å². The van der Waals surface area contributed by atoms with E-state index in [0.29, 0.717) is 15.8 Å². The third kappa shape index (κ3) is 4.97. The molecule has 104 valence electrons. The lowest BCUT2D eigenvalue weighted by atomic mass is 10.2. The minimum atomic E-state index is -1.10. The van der Waals surface area contributed by atoms with Gasteiger partial charge in [-0.15, -0.1) is 0 Å². The van der Waals surface area contributed by atoms with Gasteiger partial charge in [-0.05, 0) is 69.7 Å². The highest BCUT2D eigenvalue weighted by Gasteiger charge is 2.08. The number of hydrogen-bond donors (Lipinski definition) is 0. The molecule has 0 saturated heterocycles. The predicted octanol–water partition coefficient (Wildman–Crippen LogP) is 5.52. The summed E-state index contributed by atoms with van der Waals surface area (Å²) in [6.07, 6.45) is 1.86. The van der Waals surface area contributed by atoms with E-state index in [9.17, 15) is 4.55 Å². The minimum Gasteiger partial charge on any atom is -0.612 e. The number of hydrogen-bond acceptors (Lipinski definition) is 1. The molecule has 2 aromatic carbocycles. The highest BCUT2D eigenvalue weighted by atomic mass is 127. The van der Waals surface area contributed by atoms with E-state index in [1.807, 2.05) is 30.3 Å². The molecule has 0 radical (unpaired) electrons. The van der Waals surface area contributed by atoms with Crippen LogP contribution in [0.3, 0.4) is 0 Å². The highest BCUT2D eigenvalue weighted by molar-refractivity contribution is 14.1. The molecule has 0 aromatic heterocycles. The van der Waals surface area contributed by atoms with Gasteiger partial charge >= 0.3 is 0 Å². The molecule has 0 N–H and O–H groups in total. The fourth-order valence-corrected chi connectivity index (χ4v) is 3.45. The van der Waals surface area contributed by atoms with Crippen LogP contribution in [0.4, 0.5) is 0 Å². The molecule has 1 unspecified atom stereocenters. The van der Waals surface area contributed by atoms with E-state index in [0.717, 1.165) is 11.1 Å². The van der Waals surface area contributed by atoms with Gasteiger partial charge in [-0.1, -0.05) is 41.4 Å². The van der Waals surface area contributed by atoms with Crippen molar-refractivity contribution in [2.75, 3.05) is 0 Å². The van der Waals surface area contributed by atoms with Crippen molar-refractivity contribution >= 4 is 63.0 Å². The van der Waals surface area contributed by atoms with Gasteiger partial charge in [0.15, 0.2) is 0 Å². The molecule has 1 nitrogen and oxygen atoms in total. The van der Waals surface area contributed by atoms with E-state index in [2.05, 4.69) is 22.6 Å². The van der Waals surface area contributed by atoms with E-state index < -0.39 is 11.2 Å². The van der Waals surface area contributed by atoms with Gasteiger partial charge in [-0.3, -0.25) is 0 Å². The standard InChI is InChI=1S/C15H11Cl2IOS/c16-13-4-3-12(15(17)9-13)10-20(19)8-7-11-1-5-14(18)6-2-11/h1-9H,10H2/b8-7+. The Balaban J connectivity index is 2.01. The molecule has 0 fully saturated rings. The first kappa shape index (κ1) is 16.2. The summed E-state index contributed by atoms with van der Waals surface area (Å²) in [7, 11) is 0. The van der Waals surface area contributed by atoms with E-state index in [-0.39, 0.29) is 0 Å². The summed E-state index contributed by atoms with van der Waals surface area (Å²) in [6, 6.07) is 13.2. The lowest BCUT2D eigenvalue weighted by Crippen LogP contribution is -2.00. The van der Waals surface area contributed by atoms with Crippen molar-refractivity contribution in [3.05, 3.63) is 72.6 Å². The summed E-state index contributed by atoms with van der Waals surface area (Å²) in [4.78, 5) is 0. The van der Waals surface area contributed by atoms with E-state index in [4.69, 9.17) is 23.2 Å². The van der Waals surface area contributed by atoms with Crippen LogP contribution in [0.15, 0.2) is 47.9 Å². The second kappa shape index (κ2) is 7.71. The van der Waals surface area contributed by atoms with Gasteiger partial charge in [0, 0.05) is 19.2 Å². The first-order valence-electron chi connectivity index (χ1n) is 5.79. The Labute approximate surface area is 145 Å². The average Bonchev–Trinajstić information content (AvgIpc) is 2.41. The first-order chi connectivity index (χ1) is 9.54. The maximum atomic E-state index is 12.0. The van der Waals surface area contributed by atoms with Crippen molar-refractivity contribution in [2.45, 2.75) is 5.75 Å². The second-order valence-corrected chi connectivity index (χ2v) is 7.53. The summed E-state index contributed by atoms with van der Waals surface area (Å²) >= 11 is 13.0. The fourth-order valence-electron chi connectivity index (χ4n) is 1.57. The van der Waals surface area contributed by atoms with Crippen molar-refractivity contribution in [2.24, 2.45) is 0 Å². The van der Waals surface area contributed by atoms with Gasteiger partial charge < -0.3 is 4.55 Å². The molecule has 5 heteroatoms. The van der Waals surface area contributed by atoms with Gasteiger partial charge in [-0.25, -0.2) is 0 Å². The Bertz CT molecular complexity index is 614. The van der Waals surface area contributed by atoms with E-state index in [1.165, 1.54) is 3.57 Å². The Morgan fingerprint density at radius 3 is 2.45 bits per heavy atom. The van der Waals surface area contributed by atoms with Gasteiger partial charge in [0.1, 0.15) is 11.2 Å². The zero-order valence-corrected chi connectivity index (χ0v) is 14.8. The summed E-state index contributed by atoms with van der Waals surface area (Å²) in [5.41, 5.74) is 1.86. The summed E-state index contributed by atoms with van der Waals surface area (Å²) in [6.45, 7) is 0. The highest BCUT2D eigenvalue weighted by Crippen LogP contribution is 2.23. The third-order valence-electron chi connectivity index (χ3n) is 2.60. The Kier molecular flexibility index (Phi) is 6.23. The van der Waals surface area contributed by atoms with Gasteiger partial charge in [0.25, 0.3) is 0 Å². The summed E-state index contributed by atoms with van der Waals surface area (Å²) < 4.78 is 13.2. The van der Waals surface area contributed by atoms with Crippen molar-refractivity contribution in [3.63, 3.8) is 0 Å². The van der Waals surface area contributed by atoms with Crippen LogP contribution in [0, 0.1) is 3.57 Å². The monoisotopic (exact) mass is 436 g/mol. The average molecular weight is 437 g/mol. The molecule has 0 spiro atoms. The molecule has 2 rings (SSSR count). The fraction of sp³-hybridized carbons (Fsp3) is 0.0667. The zero-order chi connectivity index (χ0) is 14.5.